The first-order valence-corrected chi connectivity index (χ1v) is 5.58. The Morgan fingerprint density at radius 1 is 1.44 bits per heavy atom. The lowest BCUT2D eigenvalue weighted by atomic mass is 10.1. The quantitative estimate of drug-likeness (QED) is 0.418. The summed E-state index contributed by atoms with van der Waals surface area (Å²) < 4.78 is 17.5. The van der Waals surface area contributed by atoms with E-state index >= 15 is 0 Å². The third-order valence-corrected chi connectivity index (χ3v) is 1.76. The molecule has 0 spiro atoms. The molecule has 0 saturated carbocycles. The molecule has 3 nitrogen and oxygen atoms in total. The Labute approximate surface area is 109 Å². The zero-order chi connectivity index (χ0) is 14.4. The lowest BCUT2D eigenvalue weighted by Gasteiger charge is -2.03. The van der Waals surface area contributed by atoms with Gasteiger partial charge in [0.05, 0.1) is 13.3 Å². The molecule has 0 bridgehead atoms. The molecule has 0 aromatic heterocycles. The number of allylic oxidation sites excluding steroid dienone is 5. The Morgan fingerprint density at radius 3 is 2.39 bits per heavy atom. The predicted octanol–water partition coefficient (Wildman–Crippen LogP) is 2.72. The molecule has 0 aliphatic rings. The minimum atomic E-state index is -0.332. The molecule has 0 aromatic carbocycles. The van der Waals surface area contributed by atoms with Gasteiger partial charge in [0.25, 0.3) is 0 Å². The van der Waals surface area contributed by atoms with Gasteiger partial charge in [0.1, 0.15) is 5.83 Å². The number of methoxy groups -OCH3 is 1. The maximum atomic E-state index is 12.6. The standard InChI is InChI=1S/C12H17FO.C2H7NO/c1-5-12(13)7-6-10(2)8-11(3)9-14-4;1-3-2-4/h5-7H,1,3,8-9H2,2,4H3;3-4H,2H2,1H3/b10-6+,12-7+;. The zero-order valence-electron chi connectivity index (χ0n) is 11.5. The van der Waals surface area contributed by atoms with Gasteiger partial charge >= 0.3 is 0 Å². The molecule has 0 aliphatic heterocycles. The van der Waals surface area contributed by atoms with Crippen molar-refractivity contribution in [1.29, 1.82) is 0 Å². The monoisotopic (exact) mass is 257 g/mol. The van der Waals surface area contributed by atoms with Crippen LogP contribution >= 0.6 is 0 Å². The fourth-order valence-electron chi connectivity index (χ4n) is 0.998. The third-order valence-electron chi connectivity index (χ3n) is 1.76. The van der Waals surface area contributed by atoms with Crippen LogP contribution in [-0.4, -0.2) is 32.6 Å². The molecule has 4 heteroatoms. The molecule has 0 saturated heterocycles. The van der Waals surface area contributed by atoms with E-state index in [0.717, 1.165) is 17.6 Å². The van der Waals surface area contributed by atoms with Crippen LogP contribution in [0.1, 0.15) is 13.3 Å². The molecule has 0 aliphatic carbocycles. The van der Waals surface area contributed by atoms with Crippen molar-refractivity contribution in [3.63, 3.8) is 0 Å². The van der Waals surface area contributed by atoms with Gasteiger partial charge in [0.15, 0.2) is 0 Å². The highest BCUT2D eigenvalue weighted by Crippen LogP contribution is 2.09. The molecule has 0 amide bonds. The van der Waals surface area contributed by atoms with Crippen molar-refractivity contribution in [2.45, 2.75) is 13.3 Å². The molecule has 2 N–H and O–H groups in total. The van der Waals surface area contributed by atoms with Crippen LogP contribution in [0.15, 0.2) is 48.4 Å². The second-order valence-corrected chi connectivity index (χ2v) is 3.64. The summed E-state index contributed by atoms with van der Waals surface area (Å²) in [5.74, 6) is -0.332. The van der Waals surface area contributed by atoms with Crippen LogP contribution in [0.3, 0.4) is 0 Å². The summed E-state index contributed by atoms with van der Waals surface area (Å²) in [5, 5.41) is 10.2. The summed E-state index contributed by atoms with van der Waals surface area (Å²) in [4.78, 5) is 0. The van der Waals surface area contributed by atoms with Gasteiger partial charge in [-0.25, -0.2) is 4.39 Å². The highest BCUT2D eigenvalue weighted by Gasteiger charge is 1.94. The van der Waals surface area contributed by atoms with E-state index < -0.39 is 0 Å². The van der Waals surface area contributed by atoms with Gasteiger partial charge in [0, 0.05) is 7.11 Å². The molecule has 0 aromatic rings. The van der Waals surface area contributed by atoms with Crippen molar-refractivity contribution < 1.29 is 14.2 Å². The van der Waals surface area contributed by atoms with E-state index in [-0.39, 0.29) is 12.6 Å². The average molecular weight is 257 g/mol. The normalized spacial score (nSPS) is 11.6. The summed E-state index contributed by atoms with van der Waals surface area (Å²) in [6, 6.07) is 0. The summed E-state index contributed by atoms with van der Waals surface area (Å²) in [6.07, 6.45) is 5.02. The fourth-order valence-corrected chi connectivity index (χ4v) is 0.998. The van der Waals surface area contributed by atoms with Gasteiger partial charge in [-0.3, -0.25) is 5.32 Å². The second kappa shape index (κ2) is 13.8. The summed E-state index contributed by atoms with van der Waals surface area (Å²) >= 11 is 0. The number of hydrogen-bond donors (Lipinski definition) is 2. The van der Waals surface area contributed by atoms with Gasteiger partial charge in [0.2, 0.25) is 0 Å². The lowest BCUT2D eigenvalue weighted by molar-refractivity contribution is 0.224. The second-order valence-electron chi connectivity index (χ2n) is 3.64. The van der Waals surface area contributed by atoms with E-state index in [1.807, 2.05) is 6.92 Å². The van der Waals surface area contributed by atoms with Gasteiger partial charge in [-0.1, -0.05) is 24.8 Å². The number of nitrogens with one attached hydrogen (secondary N) is 1. The van der Waals surface area contributed by atoms with Crippen LogP contribution in [-0.2, 0) is 4.74 Å². The van der Waals surface area contributed by atoms with Gasteiger partial charge < -0.3 is 9.84 Å². The van der Waals surface area contributed by atoms with Crippen molar-refractivity contribution in [3.05, 3.63) is 48.4 Å². The van der Waals surface area contributed by atoms with Crippen LogP contribution in [0.5, 0.6) is 0 Å². The summed E-state index contributed by atoms with van der Waals surface area (Å²) in [7, 11) is 3.31. The third kappa shape index (κ3) is 14.8. The van der Waals surface area contributed by atoms with E-state index in [1.54, 1.807) is 20.2 Å². The minimum absolute atomic E-state index is 0.0694. The molecule has 0 atom stereocenters. The minimum Gasteiger partial charge on any atom is -0.381 e. The maximum Gasteiger partial charge on any atom is 0.122 e. The highest BCUT2D eigenvalue weighted by molar-refractivity contribution is 5.21. The van der Waals surface area contributed by atoms with Crippen LogP contribution in [0.25, 0.3) is 0 Å². The topological polar surface area (TPSA) is 41.5 Å². The molecule has 0 radical (unpaired) electrons. The van der Waals surface area contributed by atoms with Crippen LogP contribution in [0.4, 0.5) is 4.39 Å². The van der Waals surface area contributed by atoms with Crippen molar-refractivity contribution in [3.8, 4) is 0 Å². The Morgan fingerprint density at radius 2 is 2.00 bits per heavy atom. The first kappa shape index (κ1) is 19.1. The number of ether oxygens (including phenoxy) is 1. The smallest absolute Gasteiger partial charge is 0.122 e. The van der Waals surface area contributed by atoms with E-state index in [2.05, 4.69) is 18.5 Å². The first-order valence-electron chi connectivity index (χ1n) is 5.58. The van der Waals surface area contributed by atoms with Gasteiger partial charge in [-0.15, -0.1) is 0 Å². The van der Waals surface area contributed by atoms with Crippen LogP contribution in [0.2, 0.25) is 0 Å². The first-order chi connectivity index (χ1) is 8.51. The van der Waals surface area contributed by atoms with Crippen molar-refractivity contribution in [1.82, 2.24) is 5.32 Å². The molecule has 18 heavy (non-hydrogen) atoms. The average Bonchev–Trinajstić information content (AvgIpc) is 2.36. The fraction of sp³-hybridized carbons (Fsp3) is 0.429. The summed E-state index contributed by atoms with van der Waals surface area (Å²) in [6.45, 7) is 9.68. The molecule has 0 unspecified atom stereocenters. The van der Waals surface area contributed by atoms with Crippen molar-refractivity contribution >= 4 is 0 Å². The lowest BCUT2D eigenvalue weighted by Crippen LogP contribution is -2.04. The highest BCUT2D eigenvalue weighted by atomic mass is 19.1. The molecule has 104 valence electrons. The van der Waals surface area contributed by atoms with Crippen molar-refractivity contribution in [2.75, 3.05) is 27.5 Å². The molecule has 0 rings (SSSR count). The molecule has 0 heterocycles. The number of halogens is 1. The number of aliphatic hydroxyl groups is 1. The Hall–Kier alpha value is -1.23. The van der Waals surface area contributed by atoms with E-state index in [9.17, 15) is 4.39 Å². The zero-order valence-corrected chi connectivity index (χ0v) is 11.5. The number of hydrogen-bond acceptors (Lipinski definition) is 3. The molecule has 0 fully saturated rings. The number of rotatable bonds is 7. The number of aliphatic hydroxyl groups excluding tert-OH is 1. The van der Waals surface area contributed by atoms with Crippen LogP contribution < -0.4 is 5.32 Å². The van der Waals surface area contributed by atoms with Crippen LogP contribution in [0, 0.1) is 0 Å². The SMILES string of the molecule is C=C/C(F)=C\C=C(/C)CC(=C)COC.CNCO. The summed E-state index contributed by atoms with van der Waals surface area (Å²) in [5.41, 5.74) is 2.03. The Kier molecular flexibility index (Phi) is 14.7. The molecular formula is C14H24FNO2. The Bertz CT molecular complexity index is 294. The molecular weight excluding hydrogens is 233 g/mol. The Balaban J connectivity index is 0. The maximum absolute atomic E-state index is 12.6. The van der Waals surface area contributed by atoms with E-state index in [0.29, 0.717) is 6.61 Å². The van der Waals surface area contributed by atoms with Gasteiger partial charge in [-0.05, 0) is 38.1 Å². The van der Waals surface area contributed by atoms with E-state index in [4.69, 9.17) is 9.84 Å². The predicted molar refractivity (Wildman–Crippen MR) is 74.9 cm³/mol. The van der Waals surface area contributed by atoms with Crippen molar-refractivity contribution in [2.24, 2.45) is 0 Å². The van der Waals surface area contributed by atoms with E-state index in [1.165, 1.54) is 12.2 Å². The largest absolute Gasteiger partial charge is 0.381 e. The van der Waals surface area contributed by atoms with Gasteiger partial charge in [-0.2, -0.15) is 0 Å².